The second-order valence-corrected chi connectivity index (χ2v) is 10.6. The van der Waals surface area contributed by atoms with E-state index in [9.17, 15) is 8.42 Å². The molecule has 0 bridgehead atoms. The highest BCUT2D eigenvalue weighted by atomic mass is 32.2. The van der Waals surface area contributed by atoms with Gasteiger partial charge in [0.15, 0.2) is 0 Å². The first-order chi connectivity index (χ1) is 13.6. The van der Waals surface area contributed by atoms with Gasteiger partial charge in [0.05, 0.1) is 9.79 Å². The average Bonchev–Trinajstić information content (AvgIpc) is 2.75. The third-order valence-electron chi connectivity index (χ3n) is 4.69. The standard InChI is InChI=1S/C22H16N2O2S2/c25-27(19-7-3-1-4-8-19)15-13-17-11-12-18-14-16-28(26,20-9-5-2-6-10-20)24-22(18)21(17)23-27/h1-16H. The van der Waals surface area contributed by atoms with Crippen molar-refractivity contribution in [3.05, 3.63) is 94.7 Å². The highest BCUT2D eigenvalue weighted by Crippen LogP contribution is 2.44. The van der Waals surface area contributed by atoms with Gasteiger partial charge in [0.25, 0.3) is 0 Å². The number of nitrogens with zero attached hydrogens (tertiary/aromatic N) is 2. The van der Waals surface area contributed by atoms with Crippen LogP contribution in [0.4, 0.5) is 11.4 Å². The Morgan fingerprint density at radius 3 is 1.32 bits per heavy atom. The molecule has 0 spiro atoms. The molecule has 2 aliphatic rings. The molecule has 28 heavy (non-hydrogen) atoms. The number of fused-ring (bicyclic) bond motifs is 3. The summed E-state index contributed by atoms with van der Waals surface area (Å²) in [5.74, 6) is 0. The van der Waals surface area contributed by atoms with E-state index in [1.165, 1.54) is 0 Å². The Hall–Kier alpha value is -2.96. The fourth-order valence-corrected chi connectivity index (χ4v) is 6.56. The molecule has 0 aromatic heterocycles. The molecular formula is C22H16N2O2S2. The van der Waals surface area contributed by atoms with Crippen molar-refractivity contribution in [3.8, 4) is 0 Å². The Morgan fingerprint density at radius 1 is 0.536 bits per heavy atom. The first-order valence-electron chi connectivity index (χ1n) is 8.75. The first kappa shape index (κ1) is 17.2. The van der Waals surface area contributed by atoms with Gasteiger partial charge in [-0.25, -0.2) is 8.42 Å². The van der Waals surface area contributed by atoms with E-state index < -0.39 is 19.5 Å². The van der Waals surface area contributed by atoms with Crippen molar-refractivity contribution in [2.45, 2.75) is 9.79 Å². The van der Waals surface area contributed by atoms with Crippen LogP contribution in [0.15, 0.2) is 102 Å². The molecule has 3 aromatic carbocycles. The van der Waals surface area contributed by atoms with Gasteiger partial charge in [-0.05, 0) is 36.4 Å². The summed E-state index contributed by atoms with van der Waals surface area (Å²) in [5, 5.41) is 3.29. The molecule has 4 nitrogen and oxygen atoms in total. The minimum Gasteiger partial charge on any atom is -0.240 e. The predicted molar refractivity (Wildman–Crippen MR) is 114 cm³/mol. The van der Waals surface area contributed by atoms with Crippen LogP contribution in [0, 0.1) is 0 Å². The molecule has 0 fully saturated rings. The minimum atomic E-state index is -2.75. The molecule has 3 aromatic rings. The van der Waals surface area contributed by atoms with Crippen LogP contribution >= 0.6 is 0 Å². The summed E-state index contributed by atoms with van der Waals surface area (Å²) in [6.07, 6.45) is 3.63. The van der Waals surface area contributed by atoms with E-state index in [1.807, 2.05) is 60.7 Å². The molecule has 2 atom stereocenters. The molecular weight excluding hydrogens is 388 g/mol. The molecule has 0 saturated heterocycles. The van der Waals surface area contributed by atoms with E-state index in [0.29, 0.717) is 21.2 Å². The maximum atomic E-state index is 13.5. The average molecular weight is 405 g/mol. The Balaban J connectivity index is 1.77. The quantitative estimate of drug-likeness (QED) is 0.528. The van der Waals surface area contributed by atoms with Crippen LogP contribution in [0.3, 0.4) is 0 Å². The first-order valence-corrected chi connectivity index (χ1v) is 11.9. The van der Waals surface area contributed by atoms with Crippen LogP contribution in [0.25, 0.3) is 12.2 Å². The normalized spacial score (nSPS) is 24.6. The Bertz CT molecular complexity index is 1280. The summed E-state index contributed by atoms with van der Waals surface area (Å²) >= 11 is 0. The Morgan fingerprint density at radius 2 is 0.929 bits per heavy atom. The van der Waals surface area contributed by atoms with Gasteiger partial charge < -0.3 is 0 Å². The zero-order valence-electron chi connectivity index (χ0n) is 14.8. The summed E-state index contributed by atoms with van der Waals surface area (Å²) < 4.78 is 36.2. The fraction of sp³-hybridized carbons (Fsp3) is 0. The number of hydrogen-bond donors (Lipinski definition) is 0. The minimum absolute atomic E-state index is 0.529. The second kappa shape index (κ2) is 6.29. The van der Waals surface area contributed by atoms with Gasteiger partial charge >= 0.3 is 0 Å². The van der Waals surface area contributed by atoms with E-state index in [2.05, 4.69) is 8.73 Å². The Labute approximate surface area is 164 Å². The van der Waals surface area contributed by atoms with Crippen LogP contribution in [-0.2, 0) is 19.5 Å². The van der Waals surface area contributed by atoms with E-state index in [-0.39, 0.29) is 0 Å². The van der Waals surface area contributed by atoms with Crippen LogP contribution < -0.4 is 0 Å². The monoisotopic (exact) mass is 404 g/mol. The number of rotatable bonds is 2. The largest absolute Gasteiger partial charge is 0.240 e. The zero-order chi connectivity index (χ0) is 19.2. The smallest absolute Gasteiger partial charge is 0.108 e. The van der Waals surface area contributed by atoms with Crippen molar-refractivity contribution < 1.29 is 8.42 Å². The van der Waals surface area contributed by atoms with Crippen molar-refractivity contribution in [1.82, 2.24) is 0 Å². The molecule has 5 rings (SSSR count). The van der Waals surface area contributed by atoms with Gasteiger partial charge in [-0.2, -0.15) is 8.73 Å². The third kappa shape index (κ3) is 2.73. The maximum absolute atomic E-state index is 13.5. The van der Waals surface area contributed by atoms with Crippen molar-refractivity contribution in [2.24, 2.45) is 8.73 Å². The zero-order valence-corrected chi connectivity index (χ0v) is 16.4. The van der Waals surface area contributed by atoms with Gasteiger partial charge in [0.1, 0.15) is 30.8 Å². The molecule has 2 aliphatic heterocycles. The van der Waals surface area contributed by atoms with E-state index in [1.54, 1.807) is 35.1 Å². The fourth-order valence-electron chi connectivity index (χ4n) is 3.23. The van der Waals surface area contributed by atoms with E-state index in [4.69, 9.17) is 0 Å². The van der Waals surface area contributed by atoms with Gasteiger partial charge in [-0.1, -0.05) is 48.5 Å². The maximum Gasteiger partial charge on any atom is 0.108 e. The number of benzene rings is 3. The van der Waals surface area contributed by atoms with Crippen LogP contribution in [0.5, 0.6) is 0 Å². The SMILES string of the molecule is O=S1(c2ccccc2)=Nc2c(ccc3c2N=S(=O)(c2ccccc2)C=C3)C=C1. The third-order valence-corrected chi connectivity index (χ3v) is 8.51. The van der Waals surface area contributed by atoms with Crippen molar-refractivity contribution in [2.75, 3.05) is 0 Å². The summed E-state index contributed by atoms with van der Waals surface area (Å²) in [4.78, 5) is 1.29. The lowest BCUT2D eigenvalue weighted by Gasteiger charge is -2.18. The molecule has 0 N–H and O–H groups in total. The number of hydrogen-bond acceptors (Lipinski definition) is 4. The summed E-state index contributed by atoms with van der Waals surface area (Å²) in [7, 11) is -5.50. The van der Waals surface area contributed by atoms with Gasteiger partial charge in [0, 0.05) is 21.9 Å². The molecule has 6 heteroatoms. The highest BCUT2D eigenvalue weighted by Gasteiger charge is 2.23. The molecule has 0 aliphatic carbocycles. The van der Waals surface area contributed by atoms with Crippen LogP contribution in [0.2, 0.25) is 0 Å². The summed E-state index contributed by atoms with van der Waals surface area (Å²) in [6, 6.07) is 22.2. The van der Waals surface area contributed by atoms with Crippen LogP contribution in [-0.4, -0.2) is 8.42 Å². The van der Waals surface area contributed by atoms with Crippen molar-refractivity contribution in [3.63, 3.8) is 0 Å². The lowest BCUT2D eigenvalue weighted by atomic mass is 10.1. The van der Waals surface area contributed by atoms with Crippen molar-refractivity contribution in [1.29, 1.82) is 0 Å². The lowest BCUT2D eigenvalue weighted by molar-refractivity contribution is 0.681. The van der Waals surface area contributed by atoms with Crippen LogP contribution in [0.1, 0.15) is 11.1 Å². The Kier molecular flexibility index (Phi) is 3.86. The molecule has 138 valence electrons. The van der Waals surface area contributed by atoms with Gasteiger partial charge in [-0.3, -0.25) is 0 Å². The van der Waals surface area contributed by atoms with E-state index >= 15 is 0 Å². The summed E-state index contributed by atoms with van der Waals surface area (Å²) in [5.41, 5.74) is 2.70. The molecule has 2 heterocycles. The summed E-state index contributed by atoms with van der Waals surface area (Å²) in [6.45, 7) is 0. The predicted octanol–water partition coefficient (Wildman–Crippen LogP) is 5.97. The topological polar surface area (TPSA) is 58.9 Å². The lowest BCUT2D eigenvalue weighted by Crippen LogP contribution is -2.02. The molecule has 2 unspecified atom stereocenters. The van der Waals surface area contributed by atoms with E-state index in [0.717, 1.165) is 11.1 Å². The molecule has 0 amide bonds. The van der Waals surface area contributed by atoms with Crippen molar-refractivity contribution >= 4 is 43.0 Å². The van der Waals surface area contributed by atoms with Gasteiger partial charge in [0.2, 0.25) is 0 Å². The highest BCUT2D eigenvalue weighted by molar-refractivity contribution is 7.97. The molecule has 0 radical (unpaired) electrons. The second-order valence-electron chi connectivity index (χ2n) is 6.49. The molecule has 0 saturated carbocycles. The van der Waals surface area contributed by atoms with Gasteiger partial charge in [-0.15, -0.1) is 0 Å².